The van der Waals surface area contributed by atoms with Gasteiger partial charge in [0.1, 0.15) is 5.82 Å². The predicted molar refractivity (Wildman–Crippen MR) is 115 cm³/mol. The summed E-state index contributed by atoms with van der Waals surface area (Å²) >= 11 is 0. The standard InChI is InChI=1S/C23H34N6O/c30-23-19-2-1-7-26-22(19)18-6-3-15(10-20(18)27-23)12-29-16-4-5-17(29)14-28(13-16)21-11-24-8-9-25-21/h8-9,11,15-20,22,26H,1-7,10,12-14H2,(H,27,30). The molecule has 1 amide bonds. The largest absolute Gasteiger partial charge is 0.353 e. The minimum atomic E-state index is 0.210. The van der Waals surface area contributed by atoms with E-state index in [1.54, 1.807) is 12.4 Å². The third-order valence-corrected chi connectivity index (χ3v) is 8.62. The van der Waals surface area contributed by atoms with Crippen LogP contribution in [0.1, 0.15) is 44.9 Å². The van der Waals surface area contributed by atoms with E-state index in [9.17, 15) is 4.79 Å². The monoisotopic (exact) mass is 410 g/mol. The molecule has 30 heavy (non-hydrogen) atoms. The van der Waals surface area contributed by atoms with Crippen LogP contribution in [-0.4, -0.2) is 71.1 Å². The number of piperidine rings is 2. The van der Waals surface area contributed by atoms with Gasteiger partial charge in [0.15, 0.2) is 0 Å². The summed E-state index contributed by atoms with van der Waals surface area (Å²) in [5, 5.41) is 7.13. The Bertz CT molecular complexity index is 760. The molecule has 5 heterocycles. The number of fused-ring (bicyclic) bond motifs is 5. The van der Waals surface area contributed by atoms with Crippen LogP contribution >= 0.6 is 0 Å². The average molecular weight is 411 g/mol. The molecule has 2 N–H and O–H groups in total. The zero-order valence-corrected chi connectivity index (χ0v) is 17.7. The Morgan fingerprint density at radius 1 is 1.07 bits per heavy atom. The van der Waals surface area contributed by atoms with Crippen molar-refractivity contribution in [1.29, 1.82) is 0 Å². The topological polar surface area (TPSA) is 73.4 Å². The molecule has 5 fully saturated rings. The van der Waals surface area contributed by atoms with Crippen LogP contribution in [0, 0.1) is 17.8 Å². The number of nitrogens with one attached hydrogen (secondary N) is 2. The summed E-state index contributed by atoms with van der Waals surface area (Å²) < 4.78 is 0. The van der Waals surface area contributed by atoms with E-state index < -0.39 is 0 Å². The summed E-state index contributed by atoms with van der Waals surface area (Å²) in [6.07, 6.45) is 14.0. The molecule has 4 saturated heterocycles. The first-order chi connectivity index (χ1) is 14.8. The fraction of sp³-hybridized carbons (Fsp3) is 0.783. The summed E-state index contributed by atoms with van der Waals surface area (Å²) in [5.74, 6) is 2.88. The van der Waals surface area contributed by atoms with Gasteiger partial charge in [0.05, 0.1) is 12.1 Å². The molecular formula is C23H34N6O. The summed E-state index contributed by atoms with van der Waals surface area (Å²) in [4.78, 5) is 26.7. The van der Waals surface area contributed by atoms with Gasteiger partial charge in [-0.2, -0.15) is 0 Å². The van der Waals surface area contributed by atoms with Crippen molar-refractivity contribution in [2.24, 2.45) is 17.8 Å². The molecule has 1 aromatic rings. The molecule has 162 valence electrons. The molecule has 7 heteroatoms. The number of carbonyl (C=O) groups is 1. The molecule has 6 rings (SSSR count). The second-order valence-electron chi connectivity index (χ2n) is 10.2. The normalized spacial score (nSPS) is 41.1. The van der Waals surface area contributed by atoms with E-state index in [0.717, 1.165) is 44.7 Å². The van der Waals surface area contributed by atoms with Crippen molar-refractivity contribution in [2.75, 3.05) is 31.1 Å². The highest BCUT2D eigenvalue weighted by Gasteiger charge is 2.48. The van der Waals surface area contributed by atoms with Crippen LogP contribution in [-0.2, 0) is 4.79 Å². The molecule has 1 aromatic heterocycles. The maximum Gasteiger partial charge on any atom is 0.224 e. The Morgan fingerprint density at radius 3 is 2.73 bits per heavy atom. The van der Waals surface area contributed by atoms with Crippen molar-refractivity contribution in [3.8, 4) is 0 Å². The number of carbonyl (C=O) groups excluding carboxylic acids is 1. The second kappa shape index (κ2) is 7.75. The molecule has 5 aliphatic rings. The first-order valence-corrected chi connectivity index (χ1v) is 12.1. The number of hydrogen-bond donors (Lipinski definition) is 2. The van der Waals surface area contributed by atoms with Gasteiger partial charge >= 0.3 is 0 Å². The van der Waals surface area contributed by atoms with Crippen molar-refractivity contribution in [3.63, 3.8) is 0 Å². The SMILES string of the molecule is O=C1NC2CC(CN3C4CCC3CN(c3cnccn3)C4)CCC2C2NCCCC12. The van der Waals surface area contributed by atoms with E-state index >= 15 is 0 Å². The summed E-state index contributed by atoms with van der Waals surface area (Å²) in [5.41, 5.74) is 0. The first kappa shape index (κ1) is 19.0. The van der Waals surface area contributed by atoms with Gasteiger partial charge in [-0.25, -0.2) is 4.98 Å². The highest BCUT2D eigenvalue weighted by Crippen LogP contribution is 2.41. The highest BCUT2D eigenvalue weighted by molar-refractivity contribution is 5.81. The number of piperazine rings is 1. The zero-order valence-electron chi connectivity index (χ0n) is 17.7. The maximum atomic E-state index is 12.7. The van der Waals surface area contributed by atoms with Crippen LogP contribution < -0.4 is 15.5 Å². The van der Waals surface area contributed by atoms with Crippen molar-refractivity contribution >= 4 is 11.7 Å². The third-order valence-electron chi connectivity index (χ3n) is 8.62. The lowest BCUT2D eigenvalue weighted by Gasteiger charge is -2.50. The van der Waals surface area contributed by atoms with Crippen LogP contribution in [0.5, 0.6) is 0 Å². The fourth-order valence-corrected chi connectivity index (χ4v) is 7.22. The van der Waals surface area contributed by atoms with E-state index in [1.165, 1.54) is 32.2 Å². The van der Waals surface area contributed by atoms with E-state index in [2.05, 4.69) is 30.4 Å². The lowest BCUT2D eigenvalue weighted by Crippen LogP contribution is -2.65. The number of nitrogens with zero attached hydrogens (tertiary/aromatic N) is 4. The van der Waals surface area contributed by atoms with E-state index in [1.807, 2.05) is 6.20 Å². The van der Waals surface area contributed by atoms with Gasteiger partial charge in [0.25, 0.3) is 0 Å². The van der Waals surface area contributed by atoms with Crippen molar-refractivity contribution in [2.45, 2.75) is 69.1 Å². The van der Waals surface area contributed by atoms with E-state index in [-0.39, 0.29) is 5.92 Å². The second-order valence-corrected chi connectivity index (χ2v) is 10.2. The van der Waals surface area contributed by atoms with Gasteiger partial charge in [0, 0.05) is 56.2 Å². The molecule has 1 saturated carbocycles. The number of rotatable bonds is 3. The predicted octanol–water partition coefficient (Wildman–Crippen LogP) is 1.41. The van der Waals surface area contributed by atoms with E-state index in [0.29, 0.717) is 41.9 Å². The Morgan fingerprint density at radius 2 is 1.93 bits per heavy atom. The number of hydrogen-bond acceptors (Lipinski definition) is 6. The minimum Gasteiger partial charge on any atom is -0.353 e. The number of aromatic nitrogens is 2. The highest BCUT2D eigenvalue weighted by atomic mass is 16.2. The van der Waals surface area contributed by atoms with Crippen molar-refractivity contribution < 1.29 is 4.79 Å². The van der Waals surface area contributed by atoms with Crippen molar-refractivity contribution in [3.05, 3.63) is 18.6 Å². The average Bonchev–Trinajstić information content (AvgIpc) is 3.01. The van der Waals surface area contributed by atoms with Crippen molar-refractivity contribution in [1.82, 2.24) is 25.5 Å². The van der Waals surface area contributed by atoms with Gasteiger partial charge in [-0.3, -0.25) is 14.7 Å². The number of anilines is 1. The van der Waals surface area contributed by atoms with Crippen LogP contribution in [0.15, 0.2) is 18.6 Å². The lowest BCUT2D eigenvalue weighted by atomic mass is 9.67. The Hall–Kier alpha value is -1.73. The zero-order chi connectivity index (χ0) is 20.1. The molecule has 4 aliphatic heterocycles. The summed E-state index contributed by atoms with van der Waals surface area (Å²) in [6.45, 7) is 4.42. The smallest absolute Gasteiger partial charge is 0.224 e. The fourth-order valence-electron chi connectivity index (χ4n) is 7.22. The molecule has 0 spiro atoms. The van der Waals surface area contributed by atoms with Gasteiger partial charge < -0.3 is 15.5 Å². The van der Waals surface area contributed by atoms with Crippen LogP contribution in [0.2, 0.25) is 0 Å². The summed E-state index contributed by atoms with van der Waals surface area (Å²) in [7, 11) is 0. The Kier molecular flexibility index (Phi) is 4.91. The molecule has 7 nitrogen and oxygen atoms in total. The molecule has 7 unspecified atom stereocenters. The number of amides is 1. The van der Waals surface area contributed by atoms with Gasteiger partial charge in [-0.05, 0) is 63.3 Å². The molecule has 0 radical (unpaired) electrons. The van der Waals surface area contributed by atoms with E-state index in [4.69, 9.17) is 0 Å². The molecular weight excluding hydrogens is 376 g/mol. The Labute approximate surface area is 179 Å². The van der Waals surface area contributed by atoms with Gasteiger partial charge in [-0.15, -0.1) is 0 Å². The van der Waals surface area contributed by atoms with Gasteiger partial charge in [-0.1, -0.05) is 0 Å². The van der Waals surface area contributed by atoms with Gasteiger partial charge in [0.2, 0.25) is 5.91 Å². The Balaban J connectivity index is 1.10. The molecule has 0 aromatic carbocycles. The van der Waals surface area contributed by atoms with Crippen LogP contribution in [0.4, 0.5) is 5.82 Å². The third kappa shape index (κ3) is 3.30. The molecule has 2 bridgehead atoms. The molecule has 1 aliphatic carbocycles. The minimum absolute atomic E-state index is 0.210. The molecule has 7 atom stereocenters. The quantitative estimate of drug-likeness (QED) is 0.785. The van der Waals surface area contributed by atoms with Crippen LogP contribution in [0.3, 0.4) is 0 Å². The first-order valence-electron chi connectivity index (χ1n) is 12.1. The lowest BCUT2D eigenvalue weighted by molar-refractivity contribution is -0.133. The maximum absolute atomic E-state index is 12.7. The van der Waals surface area contributed by atoms with Crippen LogP contribution in [0.25, 0.3) is 0 Å². The summed E-state index contributed by atoms with van der Waals surface area (Å²) in [6, 6.07) is 2.06.